The number of sulfonamides is 1. The van der Waals surface area contributed by atoms with E-state index in [1.807, 2.05) is 11.4 Å². The van der Waals surface area contributed by atoms with Crippen molar-refractivity contribution in [3.8, 4) is 0 Å². The van der Waals surface area contributed by atoms with Gasteiger partial charge in [0.05, 0.1) is 11.2 Å². The van der Waals surface area contributed by atoms with Crippen LogP contribution in [0.1, 0.15) is 49.8 Å². The summed E-state index contributed by atoms with van der Waals surface area (Å²) in [6.07, 6.45) is 6.91. The molecule has 2 saturated carbocycles. The summed E-state index contributed by atoms with van der Waals surface area (Å²) in [6.45, 7) is 0.629. The third-order valence-electron chi connectivity index (χ3n) is 6.02. The summed E-state index contributed by atoms with van der Waals surface area (Å²) in [5.74, 6) is 0.201. The molecule has 0 unspecified atom stereocenters. The van der Waals surface area contributed by atoms with Crippen LogP contribution in [-0.4, -0.2) is 43.0 Å². The molecule has 5 nitrogen and oxygen atoms in total. The molecular weight excluding hydrogens is 356 g/mol. The maximum Gasteiger partial charge on any atom is 0.227 e. The number of fused-ring (bicyclic) bond motifs is 1. The lowest BCUT2D eigenvalue weighted by molar-refractivity contribution is -0.137. The van der Waals surface area contributed by atoms with Crippen LogP contribution in [0, 0.1) is 5.41 Å². The summed E-state index contributed by atoms with van der Waals surface area (Å²) in [7, 11) is -3.20. The Labute approximate surface area is 153 Å². The number of rotatable bonds is 5. The van der Waals surface area contributed by atoms with Crippen molar-refractivity contribution < 1.29 is 13.2 Å². The highest BCUT2D eigenvalue weighted by molar-refractivity contribution is 7.89. The number of hydrogen-bond acceptors (Lipinski definition) is 4. The predicted molar refractivity (Wildman–Crippen MR) is 99.0 cm³/mol. The topological polar surface area (TPSA) is 66.5 Å². The molecule has 0 spiro atoms. The van der Waals surface area contributed by atoms with Gasteiger partial charge in [0.15, 0.2) is 0 Å². The Kier molecular flexibility index (Phi) is 4.67. The number of hydrogen-bond donors (Lipinski definition) is 1. The number of nitrogens with zero attached hydrogens (tertiary/aromatic N) is 1. The summed E-state index contributed by atoms with van der Waals surface area (Å²) in [4.78, 5) is 14.4. The van der Waals surface area contributed by atoms with E-state index < -0.39 is 15.4 Å². The smallest absolute Gasteiger partial charge is 0.227 e. The van der Waals surface area contributed by atoms with Crippen molar-refractivity contribution in [2.45, 2.75) is 63.5 Å². The van der Waals surface area contributed by atoms with Gasteiger partial charge in [-0.3, -0.25) is 4.79 Å². The van der Waals surface area contributed by atoms with Crippen LogP contribution in [0.25, 0.3) is 0 Å². The Morgan fingerprint density at radius 3 is 2.84 bits per heavy atom. The summed E-state index contributed by atoms with van der Waals surface area (Å²) in [6, 6.07) is 4.12. The Morgan fingerprint density at radius 1 is 1.28 bits per heavy atom. The fourth-order valence-electron chi connectivity index (χ4n) is 4.61. The van der Waals surface area contributed by atoms with Crippen LogP contribution in [-0.2, 0) is 21.2 Å². The van der Waals surface area contributed by atoms with Crippen LogP contribution >= 0.6 is 11.3 Å². The lowest BCUT2D eigenvalue weighted by atomic mass is 9.67. The molecule has 25 heavy (non-hydrogen) atoms. The molecule has 0 radical (unpaired) electrons. The van der Waals surface area contributed by atoms with Crippen LogP contribution in [0.15, 0.2) is 17.5 Å². The molecule has 138 valence electrons. The zero-order chi connectivity index (χ0) is 17.5. The van der Waals surface area contributed by atoms with Crippen molar-refractivity contribution in [2.24, 2.45) is 5.41 Å². The van der Waals surface area contributed by atoms with Crippen molar-refractivity contribution in [1.82, 2.24) is 9.62 Å². The zero-order valence-corrected chi connectivity index (χ0v) is 16.1. The van der Waals surface area contributed by atoms with E-state index in [9.17, 15) is 13.2 Å². The molecule has 1 amide bonds. The lowest BCUT2D eigenvalue weighted by Gasteiger charge is -2.51. The van der Waals surface area contributed by atoms with Crippen molar-refractivity contribution in [1.29, 1.82) is 0 Å². The number of thiophene rings is 1. The second-order valence-corrected chi connectivity index (χ2v) is 10.7. The highest BCUT2D eigenvalue weighted by Crippen LogP contribution is 2.50. The van der Waals surface area contributed by atoms with Crippen molar-refractivity contribution in [3.05, 3.63) is 22.4 Å². The van der Waals surface area contributed by atoms with Gasteiger partial charge in [-0.1, -0.05) is 18.9 Å². The summed E-state index contributed by atoms with van der Waals surface area (Å²) >= 11 is 1.70. The van der Waals surface area contributed by atoms with Gasteiger partial charge in [-0.15, -0.1) is 11.3 Å². The molecule has 1 aliphatic heterocycles. The zero-order valence-electron chi connectivity index (χ0n) is 14.4. The van der Waals surface area contributed by atoms with Gasteiger partial charge in [0.25, 0.3) is 0 Å². The maximum absolute atomic E-state index is 13.2. The van der Waals surface area contributed by atoms with Crippen LogP contribution < -0.4 is 5.32 Å². The van der Waals surface area contributed by atoms with Crippen LogP contribution in [0.3, 0.4) is 0 Å². The monoisotopic (exact) mass is 382 g/mol. The molecule has 4 rings (SSSR count). The standard InChI is InChI=1S/C18H26N2O3S2/c21-17(19-11-8-15-4-3-12-24-15)18-9-2-1-5-16(18)20(14-6-7-14)25(22,23)13-10-18/h3-4,12,14,16H,1-2,5-11,13H2,(H,19,21)/t16-,18-/m1/s1. The van der Waals surface area contributed by atoms with E-state index in [-0.39, 0.29) is 23.7 Å². The van der Waals surface area contributed by atoms with Gasteiger partial charge in [0.1, 0.15) is 0 Å². The quantitative estimate of drug-likeness (QED) is 0.851. The van der Waals surface area contributed by atoms with Crippen LogP contribution in [0.5, 0.6) is 0 Å². The molecule has 1 N–H and O–H groups in total. The second kappa shape index (κ2) is 6.67. The fourth-order valence-corrected chi connectivity index (χ4v) is 7.51. The molecule has 3 fully saturated rings. The van der Waals surface area contributed by atoms with Crippen molar-refractivity contribution in [3.63, 3.8) is 0 Å². The first-order chi connectivity index (χ1) is 12.0. The van der Waals surface area contributed by atoms with Gasteiger partial charge in [-0.2, -0.15) is 4.31 Å². The highest BCUT2D eigenvalue weighted by atomic mass is 32.2. The average Bonchev–Trinajstić information content (AvgIpc) is 3.28. The Morgan fingerprint density at radius 2 is 2.12 bits per heavy atom. The predicted octanol–water partition coefficient (Wildman–Crippen LogP) is 2.53. The number of nitrogens with one attached hydrogen (secondary N) is 1. The SMILES string of the molecule is O=C(NCCc1cccs1)[C@@]12CCCC[C@H]1N(C1CC1)S(=O)(=O)CC2. The van der Waals surface area contributed by atoms with Gasteiger partial charge in [-0.25, -0.2) is 8.42 Å². The molecule has 2 heterocycles. The number of amides is 1. The Hall–Kier alpha value is -0.920. The summed E-state index contributed by atoms with van der Waals surface area (Å²) in [5, 5.41) is 5.18. The molecule has 1 aromatic rings. The first kappa shape index (κ1) is 17.5. The van der Waals surface area contributed by atoms with Gasteiger partial charge in [0, 0.05) is 23.5 Å². The average molecular weight is 383 g/mol. The first-order valence-electron chi connectivity index (χ1n) is 9.35. The van der Waals surface area contributed by atoms with Gasteiger partial charge >= 0.3 is 0 Å². The maximum atomic E-state index is 13.2. The lowest BCUT2D eigenvalue weighted by Crippen LogP contribution is -2.63. The van der Waals surface area contributed by atoms with E-state index in [2.05, 4.69) is 11.4 Å². The molecule has 3 aliphatic rings. The molecular formula is C18H26N2O3S2. The third-order valence-corrected chi connectivity index (χ3v) is 8.87. The summed E-state index contributed by atoms with van der Waals surface area (Å²) < 4.78 is 27.0. The van der Waals surface area contributed by atoms with Gasteiger partial charge < -0.3 is 5.32 Å². The molecule has 2 atom stereocenters. The van der Waals surface area contributed by atoms with E-state index >= 15 is 0 Å². The van der Waals surface area contributed by atoms with E-state index in [1.165, 1.54) is 4.88 Å². The van der Waals surface area contributed by atoms with Crippen LogP contribution in [0.2, 0.25) is 0 Å². The van der Waals surface area contributed by atoms with Crippen LogP contribution in [0.4, 0.5) is 0 Å². The van der Waals surface area contributed by atoms with E-state index in [1.54, 1.807) is 15.6 Å². The summed E-state index contributed by atoms with van der Waals surface area (Å²) in [5.41, 5.74) is -0.512. The molecule has 1 aromatic heterocycles. The Balaban J connectivity index is 1.51. The number of carbonyl (C=O) groups is 1. The Bertz CT molecular complexity index is 728. The molecule has 0 aromatic carbocycles. The molecule has 2 aliphatic carbocycles. The van der Waals surface area contributed by atoms with E-state index in [0.717, 1.165) is 44.9 Å². The molecule has 0 bridgehead atoms. The fraction of sp³-hybridized carbons (Fsp3) is 0.722. The minimum atomic E-state index is -3.20. The molecule has 1 saturated heterocycles. The van der Waals surface area contributed by atoms with E-state index in [0.29, 0.717) is 13.0 Å². The first-order valence-corrected chi connectivity index (χ1v) is 11.8. The van der Waals surface area contributed by atoms with Crippen molar-refractivity contribution in [2.75, 3.05) is 12.3 Å². The molecule has 7 heteroatoms. The minimum Gasteiger partial charge on any atom is -0.355 e. The minimum absolute atomic E-state index is 0.0781. The van der Waals surface area contributed by atoms with Gasteiger partial charge in [0.2, 0.25) is 15.9 Å². The normalized spacial score (nSPS) is 32.1. The second-order valence-electron chi connectivity index (χ2n) is 7.63. The van der Waals surface area contributed by atoms with E-state index in [4.69, 9.17) is 0 Å². The highest BCUT2D eigenvalue weighted by Gasteiger charge is 2.58. The van der Waals surface area contributed by atoms with Gasteiger partial charge in [-0.05, 0) is 50.0 Å². The third kappa shape index (κ3) is 3.26. The van der Waals surface area contributed by atoms with Crippen molar-refractivity contribution >= 4 is 27.3 Å². The number of carbonyl (C=O) groups excluding carboxylic acids is 1. The largest absolute Gasteiger partial charge is 0.355 e.